The Morgan fingerprint density at radius 3 is 2.39 bits per heavy atom. The van der Waals surface area contributed by atoms with Crippen LogP contribution in [0.15, 0.2) is 82.5 Å². The second-order valence-electron chi connectivity index (χ2n) is 9.29. The number of aromatic nitrogens is 1. The molecule has 4 rings (SSSR count). The van der Waals surface area contributed by atoms with E-state index >= 15 is 0 Å². The molecule has 0 aliphatic carbocycles. The van der Waals surface area contributed by atoms with Crippen LogP contribution in [-0.4, -0.2) is 16.7 Å². The normalized spacial score (nSPS) is 14.2. The number of benzene rings is 1. The Morgan fingerprint density at radius 2 is 1.67 bits per heavy atom. The summed E-state index contributed by atoms with van der Waals surface area (Å²) in [6.45, 7) is 2.27. The van der Waals surface area contributed by atoms with Crippen molar-refractivity contribution >= 4 is 29.1 Å². The van der Waals surface area contributed by atoms with E-state index in [1.807, 2.05) is 47.9 Å². The number of ether oxygens (including phenoxy) is 1. The Morgan fingerprint density at radius 1 is 0.917 bits per heavy atom. The van der Waals surface area contributed by atoms with E-state index in [1.54, 1.807) is 23.5 Å². The van der Waals surface area contributed by atoms with Crippen LogP contribution >= 0.6 is 11.3 Å². The lowest BCUT2D eigenvalue weighted by Gasteiger charge is -2.06. The minimum atomic E-state index is -0.382. The first-order valence-corrected chi connectivity index (χ1v) is 14.1. The van der Waals surface area contributed by atoms with Crippen molar-refractivity contribution in [2.75, 3.05) is 0 Å². The number of carbonyl (C=O) groups is 1. The average Bonchev–Trinajstić information content (AvgIpc) is 3.66. The first-order valence-electron chi connectivity index (χ1n) is 13.2. The summed E-state index contributed by atoms with van der Waals surface area (Å²) in [4.78, 5) is 22.0. The van der Waals surface area contributed by atoms with Crippen LogP contribution in [0.5, 0.6) is 0 Å². The Bertz CT molecular complexity index is 1190. The first kappa shape index (κ1) is 25.9. The van der Waals surface area contributed by atoms with E-state index in [-0.39, 0.29) is 5.97 Å². The summed E-state index contributed by atoms with van der Waals surface area (Å²) >= 11 is 1.62. The molecule has 0 fully saturated rings. The second kappa shape index (κ2) is 13.8. The highest BCUT2D eigenvalue weighted by molar-refractivity contribution is 7.12. The Kier molecular flexibility index (Phi) is 9.92. The Balaban J connectivity index is 1.35. The molecular weight excluding hydrogens is 464 g/mol. The predicted molar refractivity (Wildman–Crippen MR) is 150 cm³/mol. The van der Waals surface area contributed by atoms with Crippen LogP contribution in [-0.2, 0) is 11.2 Å². The number of aliphatic imine (C=N–C) groups is 1. The van der Waals surface area contributed by atoms with Crippen molar-refractivity contribution in [2.24, 2.45) is 4.99 Å². The van der Waals surface area contributed by atoms with Gasteiger partial charge in [0.1, 0.15) is 5.70 Å². The number of rotatable bonds is 14. The molecule has 0 saturated carbocycles. The summed E-state index contributed by atoms with van der Waals surface area (Å²) in [6.07, 6.45) is 16.9. The standard InChI is InChI=1S/C31H36N2O2S/c1-2-3-4-5-6-7-8-9-13-17-25-19-20-26(32-25)22-27-29(23-28(33-27)30-18-14-21-36-30)35-31(34)24-15-11-10-12-16-24/h10-12,14-16,18-23,32H,2-9,13,17H2,1H3/b27-22-. The number of nitrogens with one attached hydrogen (secondary N) is 1. The van der Waals surface area contributed by atoms with E-state index in [9.17, 15) is 4.79 Å². The lowest BCUT2D eigenvalue weighted by atomic mass is 10.1. The van der Waals surface area contributed by atoms with Crippen molar-refractivity contribution in [3.63, 3.8) is 0 Å². The molecule has 5 heteroatoms. The quantitative estimate of drug-likeness (QED) is 0.178. The zero-order chi connectivity index (χ0) is 25.0. The molecule has 188 valence electrons. The lowest BCUT2D eigenvalue weighted by Crippen LogP contribution is -2.05. The third-order valence-corrected chi connectivity index (χ3v) is 7.25. The summed E-state index contributed by atoms with van der Waals surface area (Å²) in [5.41, 5.74) is 4.18. The maximum Gasteiger partial charge on any atom is 0.343 e. The van der Waals surface area contributed by atoms with Crippen LogP contribution in [0.2, 0.25) is 0 Å². The van der Waals surface area contributed by atoms with E-state index in [1.165, 1.54) is 63.5 Å². The van der Waals surface area contributed by atoms with Gasteiger partial charge in [0.25, 0.3) is 0 Å². The number of thiophene rings is 1. The number of hydrogen-bond donors (Lipinski definition) is 1. The van der Waals surface area contributed by atoms with Crippen molar-refractivity contribution in [2.45, 2.75) is 71.1 Å². The van der Waals surface area contributed by atoms with Crippen LogP contribution < -0.4 is 0 Å². The molecule has 3 heterocycles. The van der Waals surface area contributed by atoms with Crippen LogP contribution in [0.25, 0.3) is 6.08 Å². The second-order valence-corrected chi connectivity index (χ2v) is 10.2. The number of esters is 1. The van der Waals surface area contributed by atoms with E-state index in [4.69, 9.17) is 9.73 Å². The van der Waals surface area contributed by atoms with Gasteiger partial charge in [-0.2, -0.15) is 0 Å². The zero-order valence-corrected chi connectivity index (χ0v) is 22.0. The number of carbonyl (C=O) groups excluding carboxylic acids is 1. The van der Waals surface area contributed by atoms with Crippen molar-refractivity contribution in [1.82, 2.24) is 4.98 Å². The van der Waals surface area contributed by atoms with E-state index in [2.05, 4.69) is 24.0 Å². The summed E-state index contributed by atoms with van der Waals surface area (Å²) in [6, 6.07) is 17.3. The van der Waals surface area contributed by atoms with Gasteiger partial charge in [0.2, 0.25) is 0 Å². The fourth-order valence-corrected chi connectivity index (χ4v) is 5.03. The van der Waals surface area contributed by atoms with Crippen LogP contribution in [0.3, 0.4) is 0 Å². The average molecular weight is 501 g/mol. The van der Waals surface area contributed by atoms with Gasteiger partial charge in [-0.15, -0.1) is 11.3 Å². The molecule has 3 aromatic rings. The zero-order valence-electron chi connectivity index (χ0n) is 21.2. The smallest absolute Gasteiger partial charge is 0.343 e. The molecule has 0 saturated heterocycles. The molecular formula is C31H36N2O2S. The summed E-state index contributed by atoms with van der Waals surface area (Å²) in [7, 11) is 0. The summed E-state index contributed by atoms with van der Waals surface area (Å²) in [5.74, 6) is 0.0928. The van der Waals surface area contributed by atoms with Crippen molar-refractivity contribution < 1.29 is 9.53 Å². The summed E-state index contributed by atoms with van der Waals surface area (Å²) < 4.78 is 5.78. The first-order chi connectivity index (χ1) is 17.7. The Hall–Kier alpha value is -3.18. The third-order valence-electron chi connectivity index (χ3n) is 6.36. The number of unbranched alkanes of at least 4 members (excludes halogenated alkanes) is 8. The minimum absolute atomic E-state index is 0.382. The van der Waals surface area contributed by atoms with E-state index in [0.29, 0.717) is 17.0 Å². The van der Waals surface area contributed by atoms with E-state index < -0.39 is 0 Å². The van der Waals surface area contributed by atoms with Crippen molar-refractivity contribution in [3.8, 4) is 0 Å². The van der Waals surface area contributed by atoms with Gasteiger partial charge in [-0.05, 0) is 54.6 Å². The fourth-order valence-electron chi connectivity index (χ4n) is 4.35. The number of nitrogens with zero attached hydrogens (tertiary/aromatic N) is 1. The van der Waals surface area contributed by atoms with Crippen molar-refractivity contribution in [1.29, 1.82) is 0 Å². The highest BCUT2D eigenvalue weighted by atomic mass is 32.1. The molecule has 1 aliphatic rings. The van der Waals surface area contributed by atoms with Crippen LogP contribution in [0.1, 0.15) is 91.3 Å². The monoisotopic (exact) mass is 500 g/mol. The van der Waals surface area contributed by atoms with Gasteiger partial charge in [0.05, 0.1) is 16.2 Å². The SMILES string of the molecule is CCCCCCCCCCCc1ccc(/C=C2\N=C(c3cccs3)C=C2OC(=O)c2ccccc2)[nH]1. The molecule has 0 radical (unpaired) electrons. The third kappa shape index (κ3) is 7.66. The molecule has 1 aromatic carbocycles. The maximum atomic E-state index is 12.7. The molecule has 0 atom stereocenters. The topological polar surface area (TPSA) is 54.4 Å². The lowest BCUT2D eigenvalue weighted by molar-refractivity contribution is 0.0634. The molecule has 0 unspecified atom stereocenters. The molecule has 1 N–H and O–H groups in total. The highest BCUT2D eigenvalue weighted by Crippen LogP contribution is 2.28. The van der Waals surface area contributed by atoms with Gasteiger partial charge < -0.3 is 9.72 Å². The molecule has 1 aliphatic heterocycles. The van der Waals surface area contributed by atoms with Gasteiger partial charge in [-0.3, -0.25) is 0 Å². The van der Waals surface area contributed by atoms with Gasteiger partial charge in [0, 0.05) is 17.5 Å². The molecule has 2 aromatic heterocycles. The molecule has 4 nitrogen and oxygen atoms in total. The highest BCUT2D eigenvalue weighted by Gasteiger charge is 2.21. The number of aryl methyl sites for hydroxylation is 1. The van der Waals surface area contributed by atoms with E-state index in [0.717, 1.165) is 22.7 Å². The number of H-pyrrole nitrogens is 1. The minimum Gasteiger partial charge on any atom is -0.421 e. The molecule has 36 heavy (non-hydrogen) atoms. The molecule has 0 bridgehead atoms. The van der Waals surface area contributed by atoms with Crippen LogP contribution in [0, 0.1) is 0 Å². The molecule has 0 spiro atoms. The van der Waals surface area contributed by atoms with Gasteiger partial charge in [-0.25, -0.2) is 9.79 Å². The van der Waals surface area contributed by atoms with Crippen molar-refractivity contribution in [3.05, 3.63) is 99.3 Å². The fraction of sp³-hybridized carbons (Fsp3) is 0.355. The predicted octanol–water partition coefficient (Wildman–Crippen LogP) is 8.73. The largest absolute Gasteiger partial charge is 0.421 e. The van der Waals surface area contributed by atoms with Gasteiger partial charge >= 0.3 is 5.97 Å². The van der Waals surface area contributed by atoms with Gasteiger partial charge in [0.15, 0.2) is 5.76 Å². The number of allylic oxidation sites excluding steroid dienone is 1. The summed E-state index contributed by atoms with van der Waals surface area (Å²) in [5, 5.41) is 2.02. The number of hydrogen-bond acceptors (Lipinski definition) is 4. The van der Waals surface area contributed by atoms with Crippen LogP contribution in [0.4, 0.5) is 0 Å². The van der Waals surface area contributed by atoms with Gasteiger partial charge in [-0.1, -0.05) is 82.6 Å². The molecule has 0 amide bonds. The maximum absolute atomic E-state index is 12.7. The Labute approximate surface area is 218 Å². The number of aromatic amines is 1.